The highest BCUT2D eigenvalue weighted by Crippen LogP contribution is 2.48. The van der Waals surface area contributed by atoms with Crippen molar-refractivity contribution in [3.05, 3.63) is 0 Å². The SMILES string of the molecule is CNC1(CCO)CC2CCC1CC2. The normalized spacial score (nSPS) is 43.8. The zero-order valence-electron chi connectivity index (χ0n) is 8.55. The minimum absolute atomic E-state index is 0.288. The first-order valence-corrected chi connectivity index (χ1v) is 5.60. The third-order valence-electron chi connectivity index (χ3n) is 4.34. The molecule has 3 aliphatic rings. The largest absolute Gasteiger partial charge is 0.396 e. The Balaban J connectivity index is 2.10. The summed E-state index contributed by atoms with van der Waals surface area (Å²) >= 11 is 0. The van der Waals surface area contributed by atoms with Gasteiger partial charge in [0.15, 0.2) is 0 Å². The van der Waals surface area contributed by atoms with Gasteiger partial charge in [-0.25, -0.2) is 0 Å². The Morgan fingerprint density at radius 2 is 2.00 bits per heavy atom. The smallest absolute Gasteiger partial charge is 0.0448 e. The van der Waals surface area contributed by atoms with Gasteiger partial charge in [-0.15, -0.1) is 0 Å². The number of rotatable bonds is 3. The molecule has 76 valence electrons. The van der Waals surface area contributed by atoms with Gasteiger partial charge in [0.25, 0.3) is 0 Å². The fourth-order valence-corrected chi connectivity index (χ4v) is 3.54. The first kappa shape index (κ1) is 9.47. The average molecular weight is 183 g/mol. The van der Waals surface area contributed by atoms with Gasteiger partial charge in [-0.2, -0.15) is 0 Å². The van der Waals surface area contributed by atoms with Crippen LogP contribution < -0.4 is 5.32 Å². The molecule has 0 heterocycles. The Morgan fingerprint density at radius 1 is 1.31 bits per heavy atom. The lowest BCUT2D eigenvalue weighted by Gasteiger charge is -2.52. The molecule has 2 heteroatoms. The van der Waals surface area contributed by atoms with E-state index in [9.17, 15) is 0 Å². The molecule has 13 heavy (non-hydrogen) atoms. The number of nitrogens with one attached hydrogen (secondary N) is 1. The van der Waals surface area contributed by atoms with Gasteiger partial charge >= 0.3 is 0 Å². The third-order valence-corrected chi connectivity index (χ3v) is 4.34. The Kier molecular flexibility index (Phi) is 2.61. The zero-order valence-corrected chi connectivity index (χ0v) is 8.55. The van der Waals surface area contributed by atoms with E-state index < -0.39 is 0 Å². The third kappa shape index (κ3) is 1.50. The lowest BCUT2D eigenvalue weighted by molar-refractivity contribution is 0.0283. The van der Waals surface area contributed by atoms with Crippen molar-refractivity contribution in [2.24, 2.45) is 11.8 Å². The minimum atomic E-state index is 0.288. The molecule has 0 spiro atoms. The van der Waals surface area contributed by atoms with Crippen LogP contribution in [0.1, 0.15) is 38.5 Å². The Bertz CT molecular complexity index is 175. The average Bonchev–Trinajstić information content (AvgIpc) is 2.20. The molecule has 3 saturated carbocycles. The molecule has 0 aliphatic heterocycles. The van der Waals surface area contributed by atoms with E-state index >= 15 is 0 Å². The molecule has 0 aromatic heterocycles. The second-order valence-electron chi connectivity index (χ2n) is 4.80. The van der Waals surface area contributed by atoms with E-state index in [0.29, 0.717) is 6.61 Å². The van der Waals surface area contributed by atoms with Gasteiger partial charge in [-0.05, 0) is 44.6 Å². The summed E-state index contributed by atoms with van der Waals surface area (Å²) in [4.78, 5) is 0. The summed E-state index contributed by atoms with van der Waals surface area (Å²) in [5.41, 5.74) is 0.288. The fourth-order valence-electron chi connectivity index (χ4n) is 3.54. The van der Waals surface area contributed by atoms with Gasteiger partial charge in [-0.1, -0.05) is 12.8 Å². The van der Waals surface area contributed by atoms with Crippen molar-refractivity contribution in [3.63, 3.8) is 0 Å². The lowest BCUT2D eigenvalue weighted by Crippen LogP contribution is -2.56. The van der Waals surface area contributed by atoms with Crippen LogP contribution in [0.3, 0.4) is 0 Å². The maximum Gasteiger partial charge on any atom is 0.0448 e. The molecule has 1 unspecified atom stereocenters. The lowest BCUT2D eigenvalue weighted by atomic mass is 9.59. The van der Waals surface area contributed by atoms with Crippen LogP contribution in [0.25, 0.3) is 0 Å². The molecule has 3 aliphatic carbocycles. The van der Waals surface area contributed by atoms with E-state index in [-0.39, 0.29) is 5.54 Å². The van der Waals surface area contributed by atoms with Crippen LogP contribution in [0, 0.1) is 11.8 Å². The van der Waals surface area contributed by atoms with E-state index in [1.807, 2.05) is 0 Å². The molecule has 0 saturated heterocycles. The highest BCUT2D eigenvalue weighted by Gasteiger charge is 2.45. The number of fused-ring (bicyclic) bond motifs is 3. The Morgan fingerprint density at radius 3 is 2.38 bits per heavy atom. The van der Waals surface area contributed by atoms with Gasteiger partial charge < -0.3 is 10.4 Å². The van der Waals surface area contributed by atoms with Crippen molar-refractivity contribution < 1.29 is 5.11 Å². The molecule has 0 amide bonds. The molecule has 3 fully saturated rings. The molecule has 0 radical (unpaired) electrons. The van der Waals surface area contributed by atoms with E-state index in [1.165, 1.54) is 32.1 Å². The second-order valence-corrected chi connectivity index (χ2v) is 4.80. The van der Waals surface area contributed by atoms with Crippen molar-refractivity contribution in [2.45, 2.75) is 44.1 Å². The van der Waals surface area contributed by atoms with Crippen molar-refractivity contribution in [3.8, 4) is 0 Å². The van der Waals surface area contributed by atoms with Crippen LogP contribution in [0.4, 0.5) is 0 Å². The summed E-state index contributed by atoms with van der Waals surface area (Å²) in [6, 6.07) is 0. The van der Waals surface area contributed by atoms with Crippen LogP contribution in [-0.2, 0) is 0 Å². The molecule has 0 aromatic rings. The summed E-state index contributed by atoms with van der Waals surface area (Å²) in [5.74, 6) is 1.76. The Labute approximate surface area is 80.7 Å². The van der Waals surface area contributed by atoms with Crippen molar-refractivity contribution in [2.75, 3.05) is 13.7 Å². The molecular formula is C11H21NO. The van der Waals surface area contributed by atoms with Crippen molar-refractivity contribution in [1.82, 2.24) is 5.32 Å². The molecule has 3 rings (SSSR count). The van der Waals surface area contributed by atoms with Crippen LogP contribution >= 0.6 is 0 Å². The van der Waals surface area contributed by atoms with Gasteiger partial charge in [0.2, 0.25) is 0 Å². The van der Waals surface area contributed by atoms with Gasteiger partial charge in [0, 0.05) is 12.1 Å². The van der Waals surface area contributed by atoms with Gasteiger partial charge in [0.05, 0.1) is 0 Å². The highest BCUT2D eigenvalue weighted by molar-refractivity contribution is 5.02. The predicted octanol–water partition coefficient (Wildman–Crippen LogP) is 1.54. The molecule has 2 bridgehead atoms. The molecular weight excluding hydrogens is 162 g/mol. The summed E-state index contributed by atoms with van der Waals surface area (Å²) in [6.45, 7) is 0.337. The van der Waals surface area contributed by atoms with Crippen LogP contribution in [0.5, 0.6) is 0 Å². The predicted molar refractivity (Wildman–Crippen MR) is 53.6 cm³/mol. The van der Waals surface area contributed by atoms with E-state index in [0.717, 1.165) is 18.3 Å². The Hall–Kier alpha value is -0.0800. The van der Waals surface area contributed by atoms with Crippen LogP contribution in [0.15, 0.2) is 0 Å². The van der Waals surface area contributed by atoms with Crippen LogP contribution in [0.2, 0.25) is 0 Å². The standard InChI is InChI=1S/C11H21NO/c1-12-11(6-7-13)8-9-2-4-10(11)5-3-9/h9-10,12-13H,2-8H2,1H3. The first-order chi connectivity index (χ1) is 6.30. The van der Waals surface area contributed by atoms with E-state index in [1.54, 1.807) is 0 Å². The molecule has 2 N–H and O–H groups in total. The molecule has 2 nitrogen and oxygen atoms in total. The summed E-state index contributed by atoms with van der Waals surface area (Å²) < 4.78 is 0. The zero-order chi connectivity index (χ0) is 9.31. The van der Waals surface area contributed by atoms with Gasteiger partial charge in [-0.3, -0.25) is 0 Å². The molecule has 1 atom stereocenters. The topological polar surface area (TPSA) is 32.3 Å². The maximum atomic E-state index is 9.10. The molecule has 0 aromatic carbocycles. The van der Waals surface area contributed by atoms with Crippen molar-refractivity contribution in [1.29, 1.82) is 0 Å². The monoisotopic (exact) mass is 183 g/mol. The number of hydrogen-bond acceptors (Lipinski definition) is 2. The summed E-state index contributed by atoms with van der Waals surface area (Å²) in [7, 11) is 2.07. The second kappa shape index (κ2) is 3.58. The van der Waals surface area contributed by atoms with Crippen molar-refractivity contribution >= 4 is 0 Å². The quantitative estimate of drug-likeness (QED) is 0.695. The van der Waals surface area contributed by atoms with Gasteiger partial charge in [0.1, 0.15) is 0 Å². The summed E-state index contributed by atoms with van der Waals surface area (Å²) in [5, 5.41) is 12.6. The van der Waals surface area contributed by atoms with Crippen LogP contribution in [-0.4, -0.2) is 24.3 Å². The van der Waals surface area contributed by atoms with E-state index in [4.69, 9.17) is 5.11 Å². The highest BCUT2D eigenvalue weighted by atomic mass is 16.3. The van der Waals surface area contributed by atoms with E-state index in [2.05, 4.69) is 12.4 Å². The number of aliphatic hydroxyl groups excluding tert-OH is 1. The summed E-state index contributed by atoms with van der Waals surface area (Å²) in [6.07, 6.45) is 7.87. The number of aliphatic hydroxyl groups is 1. The minimum Gasteiger partial charge on any atom is -0.396 e. The first-order valence-electron chi connectivity index (χ1n) is 5.60. The fraction of sp³-hybridized carbons (Fsp3) is 1.00. The maximum absolute atomic E-state index is 9.10. The number of hydrogen-bond donors (Lipinski definition) is 2.